The Kier molecular flexibility index (Phi) is 5.53. The van der Waals surface area contributed by atoms with E-state index in [0.717, 1.165) is 0 Å². The van der Waals surface area contributed by atoms with E-state index in [2.05, 4.69) is 104 Å². The summed E-state index contributed by atoms with van der Waals surface area (Å²) >= 11 is 6.22. The molecule has 0 aliphatic heterocycles. The quantitative estimate of drug-likeness (QED) is 0.596. The van der Waals surface area contributed by atoms with E-state index < -0.39 is 6.04 Å². The molecule has 0 saturated carbocycles. The van der Waals surface area contributed by atoms with Gasteiger partial charge in [-0.25, -0.2) is 0 Å². The van der Waals surface area contributed by atoms with Gasteiger partial charge in [-0.2, -0.15) is 0 Å². The molecule has 0 unspecified atom stereocenters. The van der Waals surface area contributed by atoms with E-state index >= 15 is 0 Å². The second-order valence-corrected chi connectivity index (χ2v) is 10.5. The van der Waals surface area contributed by atoms with Crippen LogP contribution >= 0.6 is 6.04 Å². The summed E-state index contributed by atoms with van der Waals surface area (Å²) in [6, 6.07) is 27.5. The van der Waals surface area contributed by atoms with Gasteiger partial charge >= 0.3 is 0 Å². The third kappa shape index (κ3) is 4.10. The highest BCUT2D eigenvalue weighted by Crippen LogP contribution is 2.45. The Hall–Kier alpha value is -2.15. The number of rotatable bonds is 5. The van der Waals surface area contributed by atoms with Crippen molar-refractivity contribution < 1.29 is 0 Å². The predicted molar refractivity (Wildman–Crippen MR) is 116 cm³/mol. The topological polar surface area (TPSA) is 3.24 Å². The predicted octanol–water partition coefficient (Wildman–Crippen LogP) is 4.85. The van der Waals surface area contributed by atoms with Gasteiger partial charge in [0.1, 0.15) is 0 Å². The summed E-state index contributed by atoms with van der Waals surface area (Å²) in [4.78, 5) is 2.10. The Bertz CT molecular complexity index is 841. The lowest BCUT2D eigenvalue weighted by molar-refractivity contribution is 1.13. The van der Waals surface area contributed by atoms with Gasteiger partial charge in [-0.3, -0.25) is 0 Å². The van der Waals surface area contributed by atoms with E-state index in [1.807, 2.05) is 12.1 Å². The number of nitrogens with zero attached hydrogens (tertiary/aromatic N) is 1. The average molecular weight is 363 g/mol. The van der Waals surface area contributed by atoms with Crippen LogP contribution in [0.25, 0.3) is 6.08 Å². The minimum atomic E-state index is -1.98. The highest BCUT2D eigenvalue weighted by Gasteiger charge is 2.18. The van der Waals surface area contributed by atoms with E-state index in [0.29, 0.717) is 0 Å². The normalized spacial score (nSPS) is 11.6. The van der Waals surface area contributed by atoms with Gasteiger partial charge in [-0.05, 0) is 34.1 Å². The van der Waals surface area contributed by atoms with E-state index in [9.17, 15) is 0 Å². The molecule has 0 aromatic heterocycles. The lowest BCUT2D eigenvalue weighted by Gasteiger charge is -2.19. The summed E-state index contributed by atoms with van der Waals surface area (Å²) in [6.07, 6.45) is 2.17. The maximum Gasteiger partial charge on any atom is 0.0361 e. The molecule has 1 nitrogen and oxygen atoms in total. The first-order chi connectivity index (χ1) is 12.1. The van der Waals surface area contributed by atoms with Gasteiger partial charge < -0.3 is 4.90 Å². The van der Waals surface area contributed by atoms with Gasteiger partial charge in [-0.15, -0.1) is 0 Å². The second-order valence-electron chi connectivity index (χ2n) is 6.13. The molecule has 3 heteroatoms. The average Bonchev–Trinajstić information content (AvgIpc) is 2.68. The molecule has 25 heavy (non-hydrogen) atoms. The van der Waals surface area contributed by atoms with E-state index in [-0.39, 0.29) is 0 Å². The Morgan fingerprint density at radius 1 is 0.720 bits per heavy atom. The van der Waals surface area contributed by atoms with Crippen LogP contribution in [-0.2, 0) is 11.8 Å². The Morgan fingerprint density at radius 3 is 1.64 bits per heavy atom. The molecule has 3 aromatic carbocycles. The molecule has 126 valence electrons. The van der Waals surface area contributed by atoms with Gasteiger partial charge in [-0.1, -0.05) is 90.7 Å². The van der Waals surface area contributed by atoms with Crippen LogP contribution in [0.5, 0.6) is 0 Å². The van der Waals surface area contributed by atoms with Crippen LogP contribution < -0.4 is 15.5 Å². The Balaban J connectivity index is 2.00. The zero-order chi connectivity index (χ0) is 17.7. The van der Waals surface area contributed by atoms with Crippen molar-refractivity contribution in [2.24, 2.45) is 0 Å². The Morgan fingerprint density at radius 2 is 1.20 bits per heavy atom. The summed E-state index contributed by atoms with van der Waals surface area (Å²) < 4.78 is 0. The maximum absolute atomic E-state index is 6.22. The van der Waals surface area contributed by atoms with Crippen LogP contribution in [0.4, 0.5) is 5.69 Å². The van der Waals surface area contributed by atoms with Crippen molar-refractivity contribution >= 4 is 40.2 Å². The van der Waals surface area contributed by atoms with Crippen molar-refractivity contribution in [3.63, 3.8) is 0 Å². The molecule has 0 radical (unpaired) electrons. The van der Waals surface area contributed by atoms with Gasteiger partial charge in [0, 0.05) is 25.8 Å². The van der Waals surface area contributed by atoms with Crippen molar-refractivity contribution in [1.29, 1.82) is 0 Å². The minimum Gasteiger partial charge on any atom is -0.378 e. The van der Waals surface area contributed by atoms with Crippen LogP contribution in [0.15, 0.2) is 90.7 Å². The molecule has 0 amide bonds. The van der Waals surface area contributed by atoms with Crippen molar-refractivity contribution in [1.82, 2.24) is 0 Å². The number of anilines is 1. The molecule has 0 heterocycles. The van der Waals surface area contributed by atoms with Crippen LogP contribution in [0.3, 0.4) is 0 Å². The summed E-state index contributed by atoms with van der Waals surface area (Å²) in [5.74, 6) is 2.23. The van der Waals surface area contributed by atoms with Gasteiger partial charge in [0.15, 0.2) is 0 Å². The molecule has 0 aliphatic rings. The maximum atomic E-state index is 6.22. The van der Waals surface area contributed by atoms with E-state index in [1.165, 1.54) is 21.9 Å². The lowest BCUT2D eigenvalue weighted by atomic mass is 10.2. The molecule has 0 saturated heterocycles. The smallest absolute Gasteiger partial charge is 0.0361 e. The van der Waals surface area contributed by atoms with Crippen LogP contribution in [0.1, 0.15) is 5.56 Å². The van der Waals surface area contributed by atoms with Crippen molar-refractivity contribution in [2.75, 3.05) is 19.0 Å². The van der Waals surface area contributed by atoms with Crippen molar-refractivity contribution in [3.8, 4) is 0 Å². The largest absolute Gasteiger partial charge is 0.378 e. The lowest BCUT2D eigenvalue weighted by Crippen LogP contribution is -2.13. The SMILES string of the molecule is CN(C)c1ccc(/C=C/P(=S)(c2ccccc2)c2ccccc2)cc1. The molecule has 0 aliphatic carbocycles. The molecule has 0 atom stereocenters. The number of hydrogen-bond donors (Lipinski definition) is 0. The second kappa shape index (κ2) is 7.82. The summed E-state index contributed by atoms with van der Waals surface area (Å²) in [7, 11) is 4.10. The van der Waals surface area contributed by atoms with Crippen molar-refractivity contribution in [3.05, 3.63) is 96.3 Å². The first-order valence-electron chi connectivity index (χ1n) is 8.27. The molecular weight excluding hydrogens is 341 g/mol. The zero-order valence-corrected chi connectivity index (χ0v) is 16.3. The number of benzene rings is 3. The standard InChI is InChI=1S/C22H22NPS/c1-23(2)20-15-13-19(14-16-20)17-18-24(25,21-9-5-3-6-10-21)22-11-7-4-8-12-22/h3-18H,1-2H3/b18-17+. The van der Waals surface area contributed by atoms with Gasteiger partial charge in [0.25, 0.3) is 0 Å². The molecule has 0 bridgehead atoms. The summed E-state index contributed by atoms with van der Waals surface area (Å²) in [6.45, 7) is 0. The first-order valence-corrected chi connectivity index (χ1v) is 11.1. The fourth-order valence-electron chi connectivity index (χ4n) is 2.69. The fraction of sp³-hybridized carbons (Fsp3) is 0.0909. The Labute approximate surface area is 155 Å². The molecule has 0 fully saturated rings. The minimum absolute atomic E-state index is 1.17. The third-order valence-corrected chi connectivity index (χ3v) is 8.50. The zero-order valence-electron chi connectivity index (χ0n) is 14.5. The summed E-state index contributed by atoms with van der Waals surface area (Å²) in [5, 5.41) is 2.44. The molecule has 0 spiro atoms. The van der Waals surface area contributed by atoms with Crippen LogP contribution in [-0.4, -0.2) is 14.1 Å². The highest BCUT2D eigenvalue weighted by molar-refractivity contribution is 8.23. The van der Waals surface area contributed by atoms with Crippen LogP contribution in [0.2, 0.25) is 0 Å². The summed E-state index contributed by atoms with van der Waals surface area (Å²) in [5.41, 5.74) is 2.37. The van der Waals surface area contributed by atoms with Gasteiger partial charge in [0.05, 0.1) is 0 Å². The monoisotopic (exact) mass is 363 g/mol. The number of hydrogen-bond acceptors (Lipinski definition) is 2. The first kappa shape index (κ1) is 17.7. The van der Waals surface area contributed by atoms with E-state index in [1.54, 1.807) is 0 Å². The molecule has 3 aromatic rings. The molecular formula is C22H22NPS. The van der Waals surface area contributed by atoms with Crippen LogP contribution in [0, 0.1) is 0 Å². The van der Waals surface area contributed by atoms with Crippen molar-refractivity contribution in [2.45, 2.75) is 0 Å². The van der Waals surface area contributed by atoms with Gasteiger partial charge in [0.2, 0.25) is 0 Å². The fourth-order valence-corrected chi connectivity index (χ4v) is 5.86. The third-order valence-electron chi connectivity index (χ3n) is 4.17. The van der Waals surface area contributed by atoms with E-state index in [4.69, 9.17) is 11.8 Å². The molecule has 3 rings (SSSR count). The molecule has 0 N–H and O–H groups in total. The highest BCUT2D eigenvalue weighted by atomic mass is 32.4.